The van der Waals surface area contributed by atoms with Crippen molar-refractivity contribution in [2.75, 3.05) is 18.6 Å². The second kappa shape index (κ2) is 7.81. The van der Waals surface area contributed by atoms with Gasteiger partial charge in [0, 0.05) is 6.54 Å². The average Bonchev–Trinajstić information content (AvgIpc) is 2.55. The molecule has 7 nitrogen and oxygen atoms in total. The highest BCUT2D eigenvalue weighted by Gasteiger charge is 2.06. The summed E-state index contributed by atoms with van der Waals surface area (Å²) in [4.78, 5) is 19.6. The summed E-state index contributed by atoms with van der Waals surface area (Å²) in [5, 5.41) is 2.75. The molecular weight excluding hydrogens is 270 g/mol. The van der Waals surface area contributed by atoms with Gasteiger partial charge in [0.1, 0.15) is 11.4 Å². The van der Waals surface area contributed by atoms with Crippen molar-refractivity contribution < 1.29 is 9.53 Å². The normalized spacial score (nSPS) is 9.95. The van der Waals surface area contributed by atoms with Crippen LogP contribution >= 0.6 is 0 Å². The number of nitrogens with one attached hydrogen (secondary N) is 2. The lowest BCUT2D eigenvalue weighted by Crippen LogP contribution is -2.26. The van der Waals surface area contributed by atoms with Crippen molar-refractivity contribution >= 4 is 11.7 Å². The largest absolute Gasteiger partial charge is 0.494 e. The number of rotatable bonds is 7. The lowest BCUT2D eigenvalue weighted by molar-refractivity contribution is 0.0946. The molecule has 0 saturated carbocycles. The Balaban J connectivity index is 1.67. The van der Waals surface area contributed by atoms with E-state index in [-0.39, 0.29) is 11.6 Å². The zero-order chi connectivity index (χ0) is 14.9. The predicted molar refractivity (Wildman–Crippen MR) is 78.7 cm³/mol. The number of hydrogen-bond acceptors (Lipinski definition) is 6. The lowest BCUT2D eigenvalue weighted by Gasteiger charge is -2.07. The fraction of sp³-hybridized carbons (Fsp3) is 0.214. The summed E-state index contributed by atoms with van der Waals surface area (Å²) in [5.74, 6) is 6.12. The van der Waals surface area contributed by atoms with Gasteiger partial charge < -0.3 is 15.5 Å². The molecule has 0 bridgehead atoms. The SMILES string of the molecule is NNc1cnc(C(=O)NCCCOc2ccccc2)cn1. The highest BCUT2D eigenvalue weighted by molar-refractivity contribution is 5.91. The van der Waals surface area contributed by atoms with Gasteiger partial charge in [-0.15, -0.1) is 0 Å². The third kappa shape index (κ3) is 4.73. The molecule has 0 aliphatic rings. The van der Waals surface area contributed by atoms with Gasteiger partial charge in [0.05, 0.1) is 19.0 Å². The van der Waals surface area contributed by atoms with Crippen molar-refractivity contribution in [2.45, 2.75) is 6.42 Å². The number of nitrogens with two attached hydrogens (primary N) is 1. The molecule has 1 amide bonds. The van der Waals surface area contributed by atoms with Crippen molar-refractivity contribution in [3.05, 3.63) is 48.4 Å². The molecule has 0 atom stereocenters. The maximum Gasteiger partial charge on any atom is 0.271 e. The second-order valence-electron chi connectivity index (χ2n) is 4.20. The number of anilines is 1. The molecule has 0 fully saturated rings. The predicted octanol–water partition coefficient (Wildman–Crippen LogP) is 0.961. The number of para-hydroxylation sites is 1. The number of aromatic nitrogens is 2. The van der Waals surface area contributed by atoms with Crippen LogP contribution in [0.3, 0.4) is 0 Å². The van der Waals surface area contributed by atoms with E-state index in [9.17, 15) is 4.79 Å². The van der Waals surface area contributed by atoms with Crippen LogP contribution < -0.4 is 21.3 Å². The van der Waals surface area contributed by atoms with Crippen LogP contribution in [0.15, 0.2) is 42.7 Å². The van der Waals surface area contributed by atoms with Gasteiger partial charge >= 0.3 is 0 Å². The van der Waals surface area contributed by atoms with E-state index in [1.165, 1.54) is 12.4 Å². The minimum absolute atomic E-state index is 0.248. The lowest BCUT2D eigenvalue weighted by atomic mass is 10.3. The van der Waals surface area contributed by atoms with Crippen LogP contribution in [0.25, 0.3) is 0 Å². The Kier molecular flexibility index (Phi) is 5.48. The molecule has 0 unspecified atom stereocenters. The van der Waals surface area contributed by atoms with E-state index in [1.807, 2.05) is 30.3 Å². The second-order valence-corrected chi connectivity index (χ2v) is 4.20. The molecule has 1 aromatic carbocycles. The van der Waals surface area contributed by atoms with Gasteiger partial charge in [-0.05, 0) is 18.6 Å². The summed E-state index contributed by atoms with van der Waals surface area (Å²) in [5.41, 5.74) is 2.59. The topological polar surface area (TPSA) is 102 Å². The molecule has 7 heteroatoms. The standard InChI is InChI=1S/C14H17N5O2/c15-19-13-10-17-12(9-18-13)14(20)16-7-4-8-21-11-5-2-1-3-6-11/h1-3,5-6,9-10H,4,7-8,15H2,(H,16,20)(H,18,19). The summed E-state index contributed by atoms with van der Waals surface area (Å²) in [6.07, 6.45) is 3.47. The third-order valence-corrected chi connectivity index (χ3v) is 2.65. The van der Waals surface area contributed by atoms with Crippen LogP contribution in [0.2, 0.25) is 0 Å². The van der Waals surface area contributed by atoms with Gasteiger partial charge in [0.2, 0.25) is 0 Å². The monoisotopic (exact) mass is 287 g/mol. The fourth-order valence-corrected chi connectivity index (χ4v) is 1.59. The smallest absolute Gasteiger partial charge is 0.271 e. The first-order valence-corrected chi connectivity index (χ1v) is 6.54. The summed E-state index contributed by atoms with van der Waals surface area (Å²) in [6.45, 7) is 1.04. The number of carbonyl (C=O) groups is 1. The molecule has 4 N–H and O–H groups in total. The minimum Gasteiger partial charge on any atom is -0.494 e. The molecule has 2 rings (SSSR count). The van der Waals surface area contributed by atoms with Crippen LogP contribution in [-0.2, 0) is 0 Å². The van der Waals surface area contributed by atoms with E-state index < -0.39 is 0 Å². The number of ether oxygens (including phenoxy) is 1. The van der Waals surface area contributed by atoms with E-state index in [1.54, 1.807) is 0 Å². The van der Waals surface area contributed by atoms with Crippen molar-refractivity contribution in [3.63, 3.8) is 0 Å². The van der Waals surface area contributed by atoms with Crippen LogP contribution in [0.5, 0.6) is 5.75 Å². The molecule has 0 aliphatic heterocycles. The van der Waals surface area contributed by atoms with Crippen molar-refractivity contribution in [1.29, 1.82) is 0 Å². The molecule has 110 valence electrons. The molecule has 0 spiro atoms. The van der Waals surface area contributed by atoms with Crippen LogP contribution in [0.4, 0.5) is 5.82 Å². The Hall–Kier alpha value is -2.67. The van der Waals surface area contributed by atoms with Gasteiger partial charge in [-0.2, -0.15) is 0 Å². The maximum atomic E-state index is 11.8. The molecule has 1 aromatic heterocycles. The Morgan fingerprint density at radius 2 is 2.00 bits per heavy atom. The van der Waals surface area contributed by atoms with Crippen LogP contribution in [0, 0.1) is 0 Å². The highest BCUT2D eigenvalue weighted by atomic mass is 16.5. The van der Waals surface area contributed by atoms with Crippen molar-refractivity contribution in [2.24, 2.45) is 5.84 Å². The number of benzene rings is 1. The van der Waals surface area contributed by atoms with E-state index in [4.69, 9.17) is 10.6 Å². The fourth-order valence-electron chi connectivity index (χ4n) is 1.59. The van der Waals surface area contributed by atoms with E-state index in [2.05, 4.69) is 20.7 Å². The van der Waals surface area contributed by atoms with Gasteiger partial charge in [-0.3, -0.25) is 4.79 Å². The first-order chi connectivity index (χ1) is 10.3. The molecule has 21 heavy (non-hydrogen) atoms. The average molecular weight is 287 g/mol. The first-order valence-electron chi connectivity index (χ1n) is 6.54. The van der Waals surface area contributed by atoms with Crippen LogP contribution in [0.1, 0.15) is 16.9 Å². The Morgan fingerprint density at radius 1 is 1.19 bits per heavy atom. The Labute approximate surface area is 122 Å². The minimum atomic E-state index is -0.272. The molecular formula is C14H17N5O2. The zero-order valence-corrected chi connectivity index (χ0v) is 11.5. The number of hydrazine groups is 1. The van der Waals surface area contributed by atoms with Gasteiger partial charge in [0.25, 0.3) is 5.91 Å². The van der Waals surface area contributed by atoms with Gasteiger partial charge in [-0.25, -0.2) is 15.8 Å². The van der Waals surface area contributed by atoms with E-state index in [0.717, 1.165) is 5.75 Å². The number of carbonyl (C=O) groups excluding carboxylic acids is 1. The third-order valence-electron chi connectivity index (χ3n) is 2.65. The number of hydrogen-bond donors (Lipinski definition) is 3. The molecule has 2 aromatic rings. The molecule has 0 radical (unpaired) electrons. The van der Waals surface area contributed by atoms with E-state index in [0.29, 0.717) is 25.4 Å². The van der Waals surface area contributed by atoms with Crippen LogP contribution in [-0.4, -0.2) is 29.0 Å². The first kappa shape index (κ1) is 14.7. The molecule has 0 aliphatic carbocycles. The quantitative estimate of drug-likeness (QED) is 0.398. The van der Waals surface area contributed by atoms with Gasteiger partial charge in [0.15, 0.2) is 5.82 Å². The molecule has 0 saturated heterocycles. The number of nitrogens with zero attached hydrogens (tertiary/aromatic N) is 2. The zero-order valence-electron chi connectivity index (χ0n) is 11.5. The maximum absolute atomic E-state index is 11.8. The summed E-state index contributed by atoms with van der Waals surface area (Å²) in [7, 11) is 0. The number of amides is 1. The summed E-state index contributed by atoms with van der Waals surface area (Å²) >= 11 is 0. The summed E-state index contributed by atoms with van der Waals surface area (Å²) < 4.78 is 5.52. The molecule has 1 heterocycles. The highest BCUT2D eigenvalue weighted by Crippen LogP contribution is 2.08. The van der Waals surface area contributed by atoms with Gasteiger partial charge in [-0.1, -0.05) is 18.2 Å². The summed E-state index contributed by atoms with van der Waals surface area (Å²) in [6, 6.07) is 9.53. The number of nitrogen functional groups attached to an aromatic ring is 1. The van der Waals surface area contributed by atoms with E-state index >= 15 is 0 Å². The Bertz CT molecular complexity index is 559. The van der Waals surface area contributed by atoms with Crippen molar-refractivity contribution in [3.8, 4) is 5.75 Å². The Morgan fingerprint density at radius 3 is 2.67 bits per heavy atom. The van der Waals surface area contributed by atoms with Crippen molar-refractivity contribution in [1.82, 2.24) is 15.3 Å².